The molecular formula is C13H22N2O. The minimum atomic E-state index is 0.350. The Balaban J connectivity index is 1.46. The van der Waals surface area contributed by atoms with Crippen LogP contribution in [0.1, 0.15) is 32.1 Å². The minimum Gasteiger partial charge on any atom is -0.345 e. The maximum atomic E-state index is 12.2. The lowest BCUT2D eigenvalue weighted by atomic mass is 9.80. The molecule has 0 aromatic heterocycles. The van der Waals surface area contributed by atoms with Crippen LogP contribution in [0.2, 0.25) is 0 Å². The lowest BCUT2D eigenvalue weighted by molar-refractivity contribution is -0.135. The highest BCUT2D eigenvalue weighted by Crippen LogP contribution is 2.54. The van der Waals surface area contributed by atoms with Gasteiger partial charge in [-0.25, -0.2) is 0 Å². The zero-order valence-corrected chi connectivity index (χ0v) is 10.1. The molecule has 0 spiro atoms. The van der Waals surface area contributed by atoms with E-state index < -0.39 is 0 Å². The van der Waals surface area contributed by atoms with Crippen LogP contribution in [-0.4, -0.2) is 30.4 Å². The van der Waals surface area contributed by atoms with Crippen LogP contribution in [-0.2, 0) is 4.79 Å². The maximum absolute atomic E-state index is 12.2. The van der Waals surface area contributed by atoms with E-state index in [4.69, 9.17) is 5.73 Å². The number of nitrogens with two attached hydrogens (primary N) is 1. The number of fused-ring (bicyclic) bond motifs is 1. The third-order valence-corrected chi connectivity index (χ3v) is 4.77. The molecule has 1 amide bonds. The first-order valence-electron chi connectivity index (χ1n) is 6.64. The zero-order valence-electron chi connectivity index (χ0n) is 10.1. The number of rotatable bonds is 3. The quantitative estimate of drug-likeness (QED) is 0.780. The van der Waals surface area contributed by atoms with E-state index in [9.17, 15) is 4.79 Å². The fraction of sp³-hybridized carbons (Fsp3) is 0.923. The number of carbonyl (C=O) groups is 1. The van der Waals surface area contributed by atoms with Crippen molar-refractivity contribution >= 4 is 5.91 Å². The fourth-order valence-electron chi connectivity index (χ4n) is 3.64. The van der Waals surface area contributed by atoms with Crippen LogP contribution in [0.5, 0.6) is 0 Å². The standard InChI is InChI=1S/C13H22N2O/c1-15(7-8-2-12(14)3-8)13(16)11-5-9-4-10(9)6-11/h8-12H,2-7,14H2,1H3. The van der Waals surface area contributed by atoms with Crippen LogP contribution >= 0.6 is 0 Å². The largest absolute Gasteiger partial charge is 0.345 e. The first-order chi connectivity index (χ1) is 7.63. The van der Waals surface area contributed by atoms with Crippen molar-refractivity contribution in [3.05, 3.63) is 0 Å². The summed E-state index contributed by atoms with van der Waals surface area (Å²) in [6.45, 7) is 0.929. The predicted molar refractivity (Wildman–Crippen MR) is 62.7 cm³/mol. The Morgan fingerprint density at radius 2 is 1.81 bits per heavy atom. The topological polar surface area (TPSA) is 46.3 Å². The molecule has 3 heteroatoms. The van der Waals surface area contributed by atoms with E-state index in [1.54, 1.807) is 0 Å². The van der Waals surface area contributed by atoms with E-state index in [-0.39, 0.29) is 0 Å². The van der Waals surface area contributed by atoms with Crippen LogP contribution in [0, 0.1) is 23.7 Å². The molecule has 90 valence electrons. The molecule has 16 heavy (non-hydrogen) atoms. The summed E-state index contributed by atoms with van der Waals surface area (Å²) in [6, 6.07) is 0.396. The summed E-state index contributed by atoms with van der Waals surface area (Å²) in [5, 5.41) is 0. The summed E-state index contributed by atoms with van der Waals surface area (Å²) in [4.78, 5) is 14.1. The number of hydrogen-bond acceptors (Lipinski definition) is 2. The Labute approximate surface area is 97.4 Å². The number of carbonyl (C=O) groups excluding carboxylic acids is 1. The third-order valence-electron chi connectivity index (χ3n) is 4.77. The molecular weight excluding hydrogens is 200 g/mol. The van der Waals surface area contributed by atoms with Gasteiger partial charge < -0.3 is 10.6 Å². The van der Waals surface area contributed by atoms with Crippen molar-refractivity contribution in [2.75, 3.05) is 13.6 Å². The highest BCUT2D eigenvalue weighted by Gasteiger charge is 2.48. The van der Waals surface area contributed by atoms with Gasteiger partial charge in [0.05, 0.1) is 0 Å². The van der Waals surface area contributed by atoms with Gasteiger partial charge in [-0.15, -0.1) is 0 Å². The highest BCUT2D eigenvalue weighted by molar-refractivity contribution is 5.79. The molecule has 0 heterocycles. The minimum absolute atomic E-state index is 0.350. The Morgan fingerprint density at radius 1 is 1.19 bits per heavy atom. The molecule has 3 fully saturated rings. The summed E-state index contributed by atoms with van der Waals surface area (Å²) >= 11 is 0. The first kappa shape index (κ1) is 10.6. The zero-order chi connectivity index (χ0) is 11.3. The van der Waals surface area contributed by atoms with Crippen LogP contribution in [0.3, 0.4) is 0 Å². The van der Waals surface area contributed by atoms with Gasteiger partial charge in [-0.05, 0) is 49.9 Å². The molecule has 0 bridgehead atoms. The summed E-state index contributed by atoms with van der Waals surface area (Å²) in [6.07, 6.45) is 5.93. The molecule has 3 saturated carbocycles. The normalized spacial score (nSPS) is 44.8. The van der Waals surface area contributed by atoms with Gasteiger partial charge in [-0.2, -0.15) is 0 Å². The molecule has 0 saturated heterocycles. The molecule has 2 atom stereocenters. The first-order valence-corrected chi connectivity index (χ1v) is 6.64. The average Bonchev–Trinajstić information content (AvgIpc) is 2.82. The van der Waals surface area contributed by atoms with Crippen molar-refractivity contribution in [2.45, 2.75) is 38.1 Å². The smallest absolute Gasteiger partial charge is 0.225 e. The fourth-order valence-corrected chi connectivity index (χ4v) is 3.64. The Kier molecular flexibility index (Phi) is 2.46. The number of nitrogens with zero attached hydrogens (tertiary/aromatic N) is 1. The summed E-state index contributed by atoms with van der Waals surface area (Å²) in [7, 11) is 1.97. The van der Waals surface area contributed by atoms with Gasteiger partial charge in [0, 0.05) is 25.6 Å². The van der Waals surface area contributed by atoms with E-state index in [2.05, 4.69) is 0 Å². The molecule has 2 unspecified atom stereocenters. The predicted octanol–water partition coefficient (Wildman–Crippen LogP) is 1.23. The van der Waals surface area contributed by atoms with E-state index in [0.717, 1.165) is 44.1 Å². The molecule has 0 aliphatic heterocycles. The number of amides is 1. The molecule has 3 aliphatic carbocycles. The van der Waals surface area contributed by atoms with Crippen molar-refractivity contribution < 1.29 is 4.79 Å². The van der Waals surface area contributed by atoms with Gasteiger partial charge in [0.1, 0.15) is 0 Å². The van der Waals surface area contributed by atoms with E-state index in [1.807, 2.05) is 11.9 Å². The summed E-state index contributed by atoms with van der Waals surface area (Å²) in [5.74, 6) is 3.22. The maximum Gasteiger partial charge on any atom is 0.225 e. The van der Waals surface area contributed by atoms with Gasteiger partial charge in [-0.1, -0.05) is 0 Å². The molecule has 3 aliphatic rings. The molecule has 0 aromatic rings. The van der Waals surface area contributed by atoms with Crippen molar-refractivity contribution in [1.29, 1.82) is 0 Å². The Morgan fingerprint density at radius 3 is 2.38 bits per heavy atom. The second kappa shape index (κ2) is 3.73. The number of hydrogen-bond donors (Lipinski definition) is 1. The van der Waals surface area contributed by atoms with Gasteiger partial charge in [0.15, 0.2) is 0 Å². The molecule has 3 rings (SSSR count). The third kappa shape index (κ3) is 1.86. The second-order valence-corrected chi connectivity index (χ2v) is 6.24. The van der Waals surface area contributed by atoms with Crippen molar-refractivity contribution in [3.8, 4) is 0 Å². The van der Waals surface area contributed by atoms with Crippen LogP contribution in [0.25, 0.3) is 0 Å². The van der Waals surface area contributed by atoms with E-state index in [0.29, 0.717) is 23.8 Å². The summed E-state index contributed by atoms with van der Waals surface area (Å²) < 4.78 is 0. The van der Waals surface area contributed by atoms with E-state index >= 15 is 0 Å². The molecule has 0 aromatic carbocycles. The Hall–Kier alpha value is -0.570. The molecule has 2 N–H and O–H groups in total. The summed E-state index contributed by atoms with van der Waals surface area (Å²) in [5.41, 5.74) is 5.76. The van der Waals surface area contributed by atoms with Crippen LogP contribution in [0.15, 0.2) is 0 Å². The Bertz CT molecular complexity index is 288. The molecule has 3 nitrogen and oxygen atoms in total. The van der Waals surface area contributed by atoms with E-state index in [1.165, 1.54) is 6.42 Å². The lowest BCUT2D eigenvalue weighted by Gasteiger charge is -2.36. The van der Waals surface area contributed by atoms with Gasteiger partial charge in [0.25, 0.3) is 0 Å². The average molecular weight is 222 g/mol. The monoisotopic (exact) mass is 222 g/mol. The SMILES string of the molecule is CN(CC1CC(N)C1)C(=O)C1CC2CC2C1. The van der Waals surface area contributed by atoms with Crippen LogP contribution in [0.4, 0.5) is 0 Å². The van der Waals surface area contributed by atoms with Crippen molar-refractivity contribution in [3.63, 3.8) is 0 Å². The van der Waals surface area contributed by atoms with Crippen LogP contribution < -0.4 is 5.73 Å². The molecule has 0 radical (unpaired) electrons. The van der Waals surface area contributed by atoms with Gasteiger partial charge in [-0.3, -0.25) is 4.79 Å². The van der Waals surface area contributed by atoms with Gasteiger partial charge >= 0.3 is 0 Å². The van der Waals surface area contributed by atoms with Crippen molar-refractivity contribution in [1.82, 2.24) is 4.90 Å². The second-order valence-electron chi connectivity index (χ2n) is 6.24. The highest BCUT2D eigenvalue weighted by atomic mass is 16.2. The van der Waals surface area contributed by atoms with Crippen molar-refractivity contribution in [2.24, 2.45) is 29.4 Å². The lowest BCUT2D eigenvalue weighted by Crippen LogP contribution is -2.44. The van der Waals surface area contributed by atoms with Gasteiger partial charge in [0.2, 0.25) is 5.91 Å².